The second kappa shape index (κ2) is 11.2. The predicted octanol–water partition coefficient (Wildman–Crippen LogP) is 3.99. The van der Waals surface area contributed by atoms with Gasteiger partial charge in [-0.05, 0) is 36.2 Å². The lowest BCUT2D eigenvalue weighted by molar-refractivity contribution is -0.140. The van der Waals surface area contributed by atoms with Crippen LogP contribution in [0.3, 0.4) is 0 Å². The number of benzene rings is 2. The second-order valence-electron chi connectivity index (χ2n) is 8.37. The summed E-state index contributed by atoms with van der Waals surface area (Å²) in [7, 11) is 0. The van der Waals surface area contributed by atoms with Gasteiger partial charge in [0.2, 0.25) is 0 Å². The van der Waals surface area contributed by atoms with E-state index in [1.165, 1.54) is 0 Å². The van der Waals surface area contributed by atoms with Gasteiger partial charge in [-0.25, -0.2) is 0 Å². The van der Waals surface area contributed by atoms with Crippen LogP contribution in [0.5, 0.6) is 5.75 Å². The van der Waals surface area contributed by atoms with Crippen molar-refractivity contribution in [2.75, 3.05) is 46.0 Å². The maximum atomic E-state index is 13.2. The van der Waals surface area contributed by atoms with E-state index in [4.69, 9.17) is 9.47 Å². The van der Waals surface area contributed by atoms with E-state index in [0.29, 0.717) is 38.5 Å². The third-order valence-corrected chi connectivity index (χ3v) is 6.62. The smallest absolute Gasteiger partial charge is 0.295 e. The Labute approximate surface area is 208 Å². The highest BCUT2D eigenvalue weighted by Gasteiger charge is 2.46. The molecule has 1 N–H and O–H groups in total. The van der Waals surface area contributed by atoms with Crippen molar-refractivity contribution in [2.24, 2.45) is 0 Å². The number of ether oxygens (including phenoxy) is 2. The summed E-state index contributed by atoms with van der Waals surface area (Å²) in [4.78, 5) is 30.1. The summed E-state index contributed by atoms with van der Waals surface area (Å²) in [5, 5.41) is 11.1. The Kier molecular flexibility index (Phi) is 8.03. The number of rotatable bonds is 8. The van der Waals surface area contributed by atoms with Crippen molar-refractivity contribution in [3.63, 3.8) is 0 Å². The number of hydrogen-bond donors (Lipinski definition) is 1. The first-order chi connectivity index (χ1) is 16.5. The molecule has 34 heavy (non-hydrogen) atoms. The number of nitrogens with zero attached hydrogens (tertiary/aromatic N) is 2. The third-order valence-electron chi connectivity index (χ3n) is 6.09. The molecule has 1 atom stereocenters. The van der Waals surface area contributed by atoms with Gasteiger partial charge in [-0.2, -0.15) is 0 Å². The van der Waals surface area contributed by atoms with E-state index in [0.717, 1.165) is 35.3 Å². The zero-order chi connectivity index (χ0) is 24.1. The summed E-state index contributed by atoms with van der Waals surface area (Å²) >= 11 is 3.39. The number of aliphatic hydroxyl groups excluding tert-OH is 1. The molecule has 4 rings (SSSR count). The SMILES string of the molecule is CCCOc1ccc(C2C(=C(O)c3ccc(Br)cc3)C(=O)C(=O)N2CCN2CCOCC2)cc1. The maximum Gasteiger partial charge on any atom is 0.295 e. The van der Waals surface area contributed by atoms with E-state index in [2.05, 4.69) is 20.8 Å². The molecule has 180 valence electrons. The predicted molar refractivity (Wildman–Crippen MR) is 133 cm³/mol. The van der Waals surface area contributed by atoms with E-state index in [-0.39, 0.29) is 11.3 Å². The molecule has 2 fully saturated rings. The fourth-order valence-corrected chi connectivity index (χ4v) is 4.52. The molecule has 2 aromatic rings. The normalized spacial score (nSPS) is 20.6. The van der Waals surface area contributed by atoms with E-state index in [9.17, 15) is 14.7 Å². The molecule has 2 aromatic carbocycles. The molecule has 0 saturated carbocycles. The first kappa shape index (κ1) is 24.4. The number of aliphatic hydroxyl groups is 1. The standard InChI is InChI=1S/C26H29BrN2O5/c1-2-15-34-21-9-5-18(6-10-21)23-22(24(30)19-3-7-20(27)8-4-19)25(31)26(32)29(23)12-11-28-13-16-33-17-14-28/h3-10,23,30H,2,11-17H2,1H3. The second-order valence-corrected chi connectivity index (χ2v) is 9.29. The van der Waals surface area contributed by atoms with Gasteiger partial charge >= 0.3 is 0 Å². The Morgan fingerprint density at radius 3 is 2.38 bits per heavy atom. The molecule has 0 aromatic heterocycles. The van der Waals surface area contributed by atoms with E-state index >= 15 is 0 Å². The number of halogens is 1. The van der Waals surface area contributed by atoms with Crippen LogP contribution in [0.25, 0.3) is 5.76 Å². The number of carbonyl (C=O) groups excluding carboxylic acids is 2. The highest BCUT2D eigenvalue weighted by atomic mass is 79.9. The minimum absolute atomic E-state index is 0.108. The summed E-state index contributed by atoms with van der Waals surface area (Å²) in [5.74, 6) is -0.707. The van der Waals surface area contributed by atoms with Gasteiger partial charge in [-0.15, -0.1) is 0 Å². The van der Waals surface area contributed by atoms with Crippen molar-refractivity contribution in [3.8, 4) is 5.75 Å². The van der Waals surface area contributed by atoms with Crippen molar-refractivity contribution in [1.29, 1.82) is 0 Å². The van der Waals surface area contributed by atoms with Crippen LogP contribution >= 0.6 is 15.9 Å². The minimum atomic E-state index is -0.676. The highest BCUT2D eigenvalue weighted by Crippen LogP contribution is 2.39. The highest BCUT2D eigenvalue weighted by molar-refractivity contribution is 9.10. The van der Waals surface area contributed by atoms with Crippen LogP contribution in [-0.4, -0.2) is 72.6 Å². The zero-order valence-electron chi connectivity index (χ0n) is 19.2. The molecule has 7 nitrogen and oxygen atoms in total. The molecule has 2 saturated heterocycles. The molecule has 0 aliphatic carbocycles. The molecular weight excluding hydrogens is 500 g/mol. The Morgan fingerprint density at radius 1 is 1.06 bits per heavy atom. The fraction of sp³-hybridized carbons (Fsp3) is 0.385. The first-order valence-electron chi connectivity index (χ1n) is 11.6. The molecule has 2 heterocycles. The maximum absolute atomic E-state index is 13.2. The van der Waals surface area contributed by atoms with Crippen molar-refractivity contribution in [3.05, 3.63) is 69.7 Å². The number of morpholine rings is 1. The number of carbonyl (C=O) groups is 2. The third kappa shape index (κ3) is 5.35. The molecule has 2 aliphatic rings. The van der Waals surface area contributed by atoms with E-state index in [1.54, 1.807) is 29.2 Å². The van der Waals surface area contributed by atoms with Crippen molar-refractivity contribution in [2.45, 2.75) is 19.4 Å². The van der Waals surface area contributed by atoms with Gasteiger partial charge in [0.1, 0.15) is 11.5 Å². The Balaban J connectivity index is 1.69. The molecular formula is C26H29BrN2O5. The molecule has 1 amide bonds. The molecule has 0 radical (unpaired) electrons. The Hall–Kier alpha value is -2.68. The van der Waals surface area contributed by atoms with E-state index in [1.807, 2.05) is 31.2 Å². The lowest BCUT2D eigenvalue weighted by atomic mass is 9.95. The van der Waals surface area contributed by atoms with Gasteiger partial charge in [-0.1, -0.05) is 47.1 Å². The number of amides is 1. The van der Waals surface area contributed by atoms with Crippen LogP contribution in [0.1, 0.15) is 30.5 Å². The van der Waals surface area contributed by atoms with Gasteiger partial charge in [0.15, 0.2) is 0 Å². The zero-order valence-corrected chi connectivity index (χ0v) is 20.8. The van der Waals surface area contributed by atoms with Crippen LogP contribution in [0.4, 0.5) is 0 Å². The summed E-state index contributed by atoms with van der Waals surface area (Å²) in [6, 6.07) is 13.7. The van der Waals surface area contributed by atoms with Crippen LogP contribution in [0.2, 0.25) is 0 Å². The van der Waals surface area contributed by atoms with Crippen LogP contribution in [0, 0.1) is 0 Å². The molecule has 0 spiro atoms. The van der Waals surface area contributed by atoms with Crippen LogP contribution in [-0.2, 0) is 14.3 Å². The molecule has 0 bridgehead atoms. The monoisotopic (exact) mass is 528 g/mol. The van der Waals surface area contributed by atoms with Gasteiger partial charge in [0, 0.05) is 36.2 Å². The average molecular weight is 529 g/mol. The topological polar surface area (TPSA) is 79.3 Å². The quantitative estimate of drug-likeness (QED) is 0.317. The summed E-state index contributed by atoms with van der Waals surface area (Å²) in [6.45, 7) is 6.55. The van der Waals surface area contributed by atoms with Crippen molar-refractivity contribution < 1.29 is 24.2 Å². The number of Topliss-reactive ketones (excluding diaryl/α,β-unsaturated/α-hetero) is 1. The number of ketones is 1. The van der Waals surface area contributed by atoms with Crippen molar-refractivity contribution in [1.82, 2.24) is 9.80 Å². The van der Waals surface area contributed by atoms with Gasteiger partial charge < -0.3 is 19.5 Å². The lowest BCUT2D eigenvalue weighted by Gasteiger charge is -2.31. The fourth-order valence-electron chi connectivity index (χ4n) is 4.26. The van der Waals surface area contributed by atoms with E-state index < -0.39 is 17.7 Å². The lowest BCUT2D eigenvalue weighted by Crippen LogP contribution is -2.42. The summed E-state index contributed by atoms with van der Waals surface area (Å²) in [5.41, 5.74) is 1.35. The average Bonchev–Trinajstić information content (AvgIpc) is 3.12. The minimum Gasteiger partial charge on any atom is -0.507 e. The Morgan fingerprint density at radius 2 is 1.74 bits per heavy atom. The molecule has 2 aliphatic heterocycles. The largest absolute Gasteiger partial charge is 0.507 e. The first-order valence-corrected chi connectivity index (χ1v) is 12.4. The van der Waals surface area contributed by atoms with Crippen LogP contribution < -0.4 is 4.74 Å². The van der Waals surface area contributed by atoms with Gasteiger partial charge in [0.05, 0.1) is 31.4 Å². The van der Waals surface area contributed by atoms with Gasteiger partial charge in [-0.3, -0.25) is 14.5 Å². The number of likely N-dealkylation sites (tertiary alicyclic amines) is 1. The van der Waals surface area contributed by atoms with Crippen molar-refractivity contribution >= 4 is 33.4 Å². The Bertz CT molecular complexity index is 1050. The summed E-state index contributed by atoms with van der Waals surface area (Å²) in [6.07, 6.45) is 0.899. The molecule has 8 heteroatoms. The molecule has 1 unspecified atom stereocenters. The van der Waals surface area contributed by atoms with Crippen LogP contribution in [0.15, 0.2) is 58.6 Å². The summed E-state index contributed by atoms with van der Waals surface area (Å²) < 4.78 is 12.0. The number of hydrogen-bond acceptors (Lipinski definition) is 6. The van der Waals surface area contributed by atoms with Gasteiger partial charge in [0.25, 0.3) is 11.7 Å².